The van der Waals surface area contributed by atoms with Gasteiger partial charge in [-0.3, -0.25) is 9.10 Å². The SMILES string of the molecule is CC(C)N(CC(=O)O)S(=O)(=O)c1ccc(N2CCCS2(=O)=O)cc1. The Balaban J connectivity index is 2.33. The Morgan fingerprint density at radius 3 is 2.29 bits per heavy atom. The zero-order valence-electron chi connectivity index (χ0n) is 13.4. The molecule has 24 heavy (non-hydrogen) atoms. The van der Waals surface area contributed by atoms with Crippen molar-refractivity contribution in [1.82, 2.24) is 4.31 Å². The van der Waals surface area contributed by atoms with Crippen molar-refractivity contribution >= 4 is 31.7 Å². The first-order valence-corrected chi connectivity index (χ1v) is 10.4. The summed E-state index contributed by atoms with van der Waals surface area (Å²) in [5.41, 5.74) is 0.404. The minimum absolute atomic E-state index is 0.0715. The average molecular weight is 376 g/mol. The molecule has 0 saturated carbocycles. The van der Waals surface area contributed by atoms with E-state index in [1.54, 1.807) is 13.8 Å². The van der Waals surface area contributed by atoms with Crippen LogP contribution in [0.3, 0.4) is 0 Å². The molecule has 1 saturated heterocycles. The minimum Gasteiger partial charge on any atom is -0.480 e. The van der Waals surface area contributed by atoms with Gasteiger partial charge in [0.05, 0.1) is 16.3 Å². The molecule has 0 amide bonds. The van der Waals surface area contributed by atoms with Crippen LogP contribution in [0.15, 0.2) is 29.2 Å². The number of benzene rings is 1. The second kappa shape index (κ2) is 6.69. The molecule has 0 bridgehead atoms. The Kier molecular flexibility index (Phi) is 5.21. The van der Waals surface area contributed by atoms with Gasteiger partial charge in [0.15, 0.2) is 0 Å². The molecule has 0 aromatic heterocycles. The Bertz CT molecular complexity index is 815. The minimum atomic E-state index is -3.98. The Hall–Kier alpha value is -1.65. The third kappa shape index (κ3) is 3.70. The zero-order valence-corrected chi connectivity index (χ0v) is 15.0. The first-order valence-electron chi connectivity index (χ1n) is 7.40. The highest BCUT2D eigenvalue weighted by molar-refractivity contribution is 7.93. The summed E-state index contributed by atoms with van der Waals surface area (Å²) in [6.45, 7) is 2.91. The maximum Gasteiger partial charge on any atom is 0.318 e. The van der Waals surface area contributed by atoms with Crippen molar-refractivity contribution < 1.29 is 26.7 Å². The van der Waals surface area contributed by atoms with E-state index in [0.29, 0.717) is 18.7 Å². The number of carboxylic acids is 1. The normalized spacial score (nSPS) is 17.6. The molecule has 0 unspecified atom stereocenters. The van der Waals surface area contributed by atoms with E-state index in [9.17, 15) is 21.6 Å². The fourth-order valence-corrected chi connectivity index (χ4v) is 5.68. The van der Waals surface area contributed by atoms with Crippen molar-refractivity contribution in [2.75, 3.05) is 23.1 Å². The molecule has 1 aromatic rings. The van der Waals surface area contributed by atoms with Crippen molar-refractivity contribution in [2.24, 2.45) is 0 Å². The zero-order chi connectivity index (χ0) is 18.1. The van der Waals surface area contributed by atoms with Gasteiger partial charge in [-0.1, -0.05) is 0 Å². The summed E-state index contributed by atoms with van der Waals surface area (Å²) in [6.07, 6.45) is 0.530. The molecule has 0 radical (unpaired) electrons. The number of rotatable bonds is 6. The summed E-state index contributed by atoms with van der Waals surface area (Å²) >= 11 is 0. The predicted molar refractivity (Wildman–Crippen MR) is 88.9 cm³/mol. The van der Waals surface area contributed by atoms with Gasteiger partial charge in [-0.25, -0.2) is 16.8 Å². The van der Waals surface area contributed by atoms with Crippen LogP contribution in [0, 0.1) is 0 Å². The molecule has 0 aliphatic carbocycles. The number of hydrogen-bond donors (Lipinski definition) is 1. The van der Waals surface area contributed by atoms with Gasteiger partial charge in [-0.05, 0) is 44.5 Å². The molecule has 8 nitrogen and oxygen atoms in total. The number of carbonyl (C=O) groups is 1. The molecule has 1 fully saturated rings. The molecule has 1 heterocycles. The van der Waals surface area contributed by atoms with E-state index >= 15 is 0 Å². The number of anilines is 1. The number of aliphatic carboxylic acids is 1. The van der Waals surface area contributed by atoms with Crippen LogP contribution in [-0.2, 0) is 24.8 Å². The second-order valence-corrected chi connectivity index (χ2v) is 9.68. The summed E-state index contributed by atoms with van der Waals surface area (Å²) in [5, 5.41) is 8.91. The van der Waals surface area contributed by atoms with Crippen LogP contribution in [0.25, 0.3) is 0 Å². The largest absolute Gasteiger partial charge is 0.480 e. The van der Waals surface area contributed by atoms with Crippen molar-refractivity contribution in [3.63, 3.8) is 0 Å². The van der Waals surface area contributed by atoms with E-state index in [2.05, 4.69) is 0 Å². The van der Waals surface area contributed by atoms with Crippen LogP contribution in [0.4, 0.5) is 5.69 Å². The summed E-state index contributed by atoms with van der Waals surface area (Å²) in [7, 11) is -7.32. The Morgan fingerprint density at radius 2 is 1.88 bits per heavy atom. The highest BCUT2D eigenvalue weighted by Crippen LogP contribution is 2.26. The first kappa shape index (κ1) is 18.7. The smallest absolute Gasteiger partial charge is 0.318 e. The number of carboxylic acid groups (broad SMARTS) is 1. The van der Waals surface area contributed by atoms with E-state index in [1.807, 2.05) is 0 Å². The molecular weight excluding hydrogens is 356 g/mol. The monoisotopic (exact) mass is 376 g/mol. The van der Waals surface area contributed by atoms with E-state index in [1.165, 1.54) is 28.6 Å². The standard InChI is InChI=1S/C14H20N2O6S2/c1-11(2)16(10-14(17)18)24(21,22)13-6-4-12(5-7-13)15-8-3-9-23(15,19)20/h4-7,11H,3,8-10H2,1-2H3,(H,17,18). The Labute approximate surface area is 141 Å². The van der Waals surface area contributed by atoms with Crippen molar-refractivity contribution in [3.05, 3.63) is 24.3 Å². The van der Waals surface area contributed by atoms with Gasteiger partial charge in [0.2, 0.25) is 20.0 Å². The third-order valence-corrected chi connectivity index (χ3v) is 7.60. The van der Waals surface area contributed by atoms with Crippen molar-refractivity contribution in [1.29, 1.82) is 0 Å². The lowest BCUT2D eigenvalue weighted by molar-refractivity contribution is -0.137. The van der Waals surface area contributed by atoms with E-state index < -0.39 is 38.6 Å². The summed E-state index contributed by atoms with van der Waals surface area (Å²) < 4.78 is 51.1. The first-order chi connectivity index (χ1) is 11.1. The highest BCUT2D eigenvalue weighted by atomic mass is 32.2. The summed E-state index contributed by atoms with van der Waals surface area (Å²) in [5.74, 6) is -1.17. The van der Waals surface area contributed by atoms with Gasteiger partial charge in [-0.15, -0.1) is 0 Å². The van der Waals surface area contributed by atoms with Crippen LogP contribution in [0.2, 0.25) is 0 Å². The van der Waals surface area contributed by atoms with Crippen LogP contribution < -0.4 is 4.31 Å². The van der Waals surface area contributed by atoms with Crippen molar-refractivity contribution in [3.8, 4) is 0 Å². The molecule has 2 rings (SSSR count). The summed E-state index contributed by atoms with van der Waals surface area (Å²) in [6, 6.07) is 4.93. The molecule has 1 aliphatic heterocycles. The molecule has 10 heteroatoms. The van der Waals surface area contributed by atoms with Gasteiger partial charge in [0.1, 0.15) is 6.54 Å². The number of hydrogen-bond acceptors (Lipinski definition) is 5. The molecular formula is C14H20N2O6S2. The van der Waals surface area contributed by atoms with Crippen LogP contribution in [0.5, 0.6) is 0 Å². The van der Waals surface area contributed by atoms with Crippen LogP contribution in [-0.4, -0.2) is 57.1 Å². The second-order valence-electron chi connectivity index (χ2n) is 5.77. The summed E-state index contributed by atoms with van der Waals surface area (Å²) in [4.78, 5) is 10.8. The Morgan fingerprint density at radius 1 is 1.29 bits per heavy atom. The van der Waals surface area contributed by atoms with Gasteiger partial charge < -0.3 is 5.11 Å². The topological polar surface area (TPSA) is 112 Å². The van der Waals surface area contributed by atoms with E-state index in [-0.39, 0.29) is 10.6 Å². The quantitative estimate of drug-likeness (QED) is 0.782. The van der Waals surface area contributed by atoms with Crippen molar-refractivity contribution in [2.45, 2.75) is 31.2 Å². The lowest BCUT2D eigenvalue weighted by atomic mass is 10.3. The maximum absolute atomic E-state index is 12.6. The van der Waals surface area contributed by atoms with Gasteiger partial charge in [-0.2, -0.15) is 4.31 Å². The predicted octanol–water partition coefficient (Wildman–Crippen LogP) is 0.710. The van der Waals surface area contributed by atoms with E-state index in [4.69, 9.17) is 5.11 Å². The van der Waals surface area contributed by atoms with Gasteiger partial charge >= 0.3 is 5.97 Å². The molecule has 0 atom stereocenters. The third-order valence-electron chi connectivity index (χ3n) is 3.70. The lowest BCUT2D eigenvalue weighted by Gasteiger charge is -2.24. The maximum atomic E-state index is 12.6. The molecule has 1 aromatic carbocycles. The molecule has 1 N–H and O–H groups in total. The highest BCUT2D eigenvalue weighted by Gasteiger charge is 2.31. The van der Waals surface area contributed by atoms with Crippen LogP contribution in [0.1, 0.15) is 20.3 Å². The molecule has 0 spiro atoms. The van der Waals surface area contributed by atoms with E-state index in [0.717, 1.165) is 4.31 Å². The number of nitrogens with zero attached hydrogens (tertiary/aromatic N) is 2. The fraction of sp³-hybridized carbons (Fsp3) is 0.500. The lowest BCUT2D eigenvalue weighted by Crippen LogP contribution is -2.40. The average Bonchev–Trinajstić information content (AvgIpc) is 2.83. The fourth-order valence-electron chi connectivity index (χ4n) is 2.53. The molecule has 134 valence electrons. The molecule has 1 aliphatic rings. The van der Waals surface area contributed by atoms with Gasteiger partial charge in [0.25, 0.3) is 0 Å². The number of sulfonamides is 2. The van der Waals surface area contributed by atoms with Gasteiger partial charge in [0, 0.05) is 12.6 Å². The van der Waals surface area contributed by atoms with Crippen LogP contribution >= 0.6 is 0 Å².